The van der Waals surface area contributed by atoms with Crippen LogP contribution in [0.5, 0.6) is 0 Å². The van der Waals surface area contributed by atoms with Crippen molar-refractivity contribution in [2.24, 2.45) is 11.3 Å². The number of carbonyl (C=O) groups is 5. The molecule has 2 aliphatic carbocycles. The van der Waals surface area contributed by atoms with Crippen molar-refractivity contribution in [3.8, 4) is 11.5 Å². The number of likely N-dealkylation sites (tertiary alicyclic amines) is 1. The van der Waals surface area contributed by atoms with Crippen molar-refractivity contribution in [3.05, 3.63) is 36.2 Å². The highest BCUT2D eigenvalue weighted by Crippen LogP contribution is 2.55. The van der Waals surface area contributed by atoms with Crippen LogP contribution in [0.2, 0.25) is 0 Å². The van der Waals surface area contributed by atoms with Gasteiger partial charge in [-0.25, -0.2) is 0 Å². The number of nitrogens with zero attached hydrogens (tertiary/aromatic N) is 3. The monoisotopic (exact) mass is 548 g/mol. The maximum atomic E-state index is 13.8. The summed E-state index contributed by atoms with van der Waals surface area (Å²) in [7, 11) is 0. The van der Waals surface area contributed by atoms with Crippen molar-refractivity contribution in [1.82, 2.24) is 31.0 Å². The average molecular weight is 549 g/mol. The van der Waals surface area contributed by atoms with Gasteiger partial charge in [0.2, 0.25) is 17.6 Å². The lowest BCUT2D eigenvalue weighted by Crippen LogP contribution is -2.58. The van der Waals surface area contributed by atoms with Crippen LogP contribution in [0.1, 0.15) is 62.0 Å². The number of piperidine rings is 1. The lowest BCUT2D eigenvalue weighted by Gasteiger charge is -2.39. The highest BCUT2D eigenvalue weighted by Gasteiger charge is 2.52. The summed E-state index contributed by atoms with van der Waals surface area (Å²) in [5.41, 5.74) is 0.653. The van der Waals surface area contributed by atoms with E-state index < -0.39 is 41.5 Å². The average Bonchev–Trinajstić information content (AvgIpc) is 3.84. The summed E-state index contributed by atoms with van der Waals surface area (Å²) in [5, 5.41) is 12.0. The van der Waals surface area contributed by atoms with Gasteiger partial charge in [-0.1, -0.05) is 23.4 Å². The SMILES string of the molecule is O=C(NC1CC1)C(=O)C(CC1CCNC1=O)NC(=O)C1CC2(CCN1C(=O)c1noc(-c3ccccc3)n1)CC2. The van der Waals surface area contributed by atoms with Gasteiger partial charge in [0.05, 0.1) is 6.04 Å². The van der Waals surface area contributed by atoms with Gasteiger partial charge >= 0.3 is 0 Å². The predicted molar refractivity (Wildman–Crippen MR) is 139 cm³/mol. The van der Waals surface area contributed by atoms with Crippen molar-refractivity contribution in [2.75, 3.05) is 13.1 Å². The maximum absolute atomic E-state index is 13.8. The number of hydrogen-bond donors (Lipinski definition) is 3. The van der Waals surface area contributed by atoms with E-state index in [0.717, 1.165) is 32.1 Å². The molecule has 6 rings (SSSR count). The van der Waals surface area contributed by atoms with E-state index in [0.29, 0.717) is 31.5 Å². The fraction of sp³-hybridized carbons (Fsp3) is 0.536. The highest BCUT2D eigenvalue weighted by molar-refractivity contribution is 6.38. The number of rotatable bonds is 9. The number of nitrogens with one attached hydrogen (secondary N) is 3. The van der Waals surface area contributed by atoms with Crippen LogP contribution in [-0.4, -0.2) is 75.7 Å². The normalized spacial score (nSPS) is 23.8. The first-order valence-corrected chi connectivity index (χ1v) is 13.9. The van der Waals surface area contributed by atoms with E-state index in [9.17, 15) is 24.0 Å². The smallest absolute Gasteiger partial charge is 0.295 e. The zero-order valence-electron chi connectivity index (χ0n) is 22.1. The lowest BCUT2D eigenvalue weighted by atomic mass is 9.86. The first-order chi connectivity index (χ1) is 19.3. The molecule has 1 aromatic carbocycles. The molecule has 12 heteroatoms. The molecule has 2 aliphatic heterocycles. The number of benzene rings is 1. The van der Waals surface area contributed by atoms with E-state index in [1.165, 1.54) is 4.90 Å². The Morgan fingerprint density at radius 3 is 2.55 bits per heavy atom. The molecule has 12 nitrogen and oxygen atoms in total. The van der Waals surface area contributed by atoms with Gasteiger partial charge in [0.1, 0.15) is 6.04 Å². The lowest BCUT2D eigenvalue weighted by molar-refractivity contribution is -0.141. The van der Waals surface area contributed by atoms with Crippen LogP contribution >= 0.6 is 0 Å². The fourth-order valence-electron chi connectivity index (χ4n) is 5.68. The maximum Gasteiger partial charge on any atom is 0.295 e. The Hall–Kier alpha value is -4.09. The van der Waals surface area contributed by atoms with E-state index >= 15 is 0 Å². The summed E-state index contributed by atoms with van der Waals surface area (Å²) >= 11 is 0. The number of amides is 4. The molecule has 3 unspecified atom stereocenters. The molecule has 40 heavy (non-hydrogen) atoms. The zero-order chi connectivity index (χ0) is 27.9. The second-order valence-electron chi connectivity index (χ2n) is 11.4. The summed E-state index contributed by atoms with van der Waals surface area (Å²) in [6, 6.07) is 6.99. The van der Waals surface area contributed by atoms with Crippen LogP contribution in [0.4, 0.5) is 0 Å². The standard InChI is InChI=1S/C28H32N6O6/c35-21(25(38)30-18-6-7-18)19(14-17-8-12-29-23(17)36)31-24(37)20-15-28(9-10-28)11-13-34(20)27(39)22-32-26(40-33-22)16-4-2-1-3-5-16/h1-5,17-20H,6-15H2,(H,29,36)(H,30,38)(H,31,37). The molecular weight excluding hydrogens is 516 g/mol. The van der Waals surface area contributed by atoms with Gasteiger partial charge in [-0.3, -0.25) is 24.0 Å². The van der Waals surface area contributed by atoms with Gasteiger partial charge in [-0.05, 0) is 68.9 Å². The zero-order valence-corrected chi connectivity index (χ0v) is 22.1. The number of hydrogen-bond acceptors (Lipinski definition) is 8. The van der Waals surface area contributed by atoms with E-state index in [2.05, 4.69) is 26.1 Å². The van der Waals surface area contributed by atoms with Crippen LogP contribution in [0.15, 0.2) is 34.9 Å². The quantitative estimate of drug-likeness (QED) is 0.391. The van der Waals surface area contributed by atoms with Crippen molar-refractivity contribution in [3.63, 3.8) is 0 Å². The van der Waals surface area contributed by atoms with Crippen molar-refractivity contribution in [2.45, 2.75) is 69.5 Å². The Morgan fingerprint density at radius 2 is 1.88 bits per heavy atom. The van der Waals surface area contributed by atoms with E-state index in [-0.39, 0.29) is 35.5 Å². The van der Waals surface area contributed by atoms with E-state index in [1.54, 1.807) is 12.1 Å². The largest absolute Gasteiger partial charge is 0.356 e. The number of Topliss-reactive ketones (excluding diaryl/α,β-unsaturated/α-hetero) is 1. The minimum atomic E-state index is -1.18. The van der Waals surface area contributed by atoms with Crippen LogP contribution in [-0.2, 0) is 19.2 Å². The molecule has 0 bridgehead atoms. The minimum absolute atomic E-state index is 0.0145. The minimum Gasteiger partial charge on any atom is -0.356 e. The van der Waals surface area contributed by atoms with Gasteiger partial charge < -0.3 is 25.4 Å². The number of carbonyl (C=O) groups excluding carboxylic acids is 5. The third-order valence-corrected chi connectivity index (χ3v) is 8.50. The third-order valence-electron chi connectivity index (χ3n) is 8.50. The molecule has 210 valence electrons. The first kappa shape index (κ1) is 26.1. The molecule has 0 radical (unpaired) electrons. The second-order valence-corrected chi connectivity index (χ2v) is 11.4. The Kier molecular flexibility index (Phi) is 6.85. The first-order valence-electron chi connectivity index (χ1n) is 13.9. The summed E-state index contributed by atoms with van der Waals surface area (Å²) in [5.74, 6) is -3.24. The van der Waals surface area contributed by atoms with Gasteiger partial charge in [0, 0.05) is 30.6 Å². The molecule has 4 fully saturated rings. The second kappa shape index (κ2) is 10.5. The summed E-state index contributed by atoms with van der Waals surface area (Å²) in [6.07, 6.45) is 5.27. The van der Waals surface area contributed by atoms with E-state index in [1.807, 2.05) is 18.2 Å². The third kappa shape index (κ3) is 5.47. The van der Waals surface area contributed by atoms with Crippen LogP contribution in [0.3, 0.4) is 0 Å². The highest BCUT2D eigenvalue weighted by atomic mass is 16.5. The number of ketones is 1. The molecule has 3 atom stereocenters. The summed E-state index contributed by atoms with van der Waals surface area (Å²) in [6.45, 7) is 0.813. The Morgan fingerprint density at radius 1 is 1.10 bits per heavy atom. The van der Waals surface area contributed by atoms with Crippen LogP contribution < -0.4 is 16.0 Å². The molecule has 3 N–H and O–H groups in total. The molecule has 2 saturated heterocycles. The van der Waals surface area contributed by atoms with Crippen molar-refractivity contribution >= 4 is 29.4 Å². The van der Waals surface area contributed by atoms with Gasteiger partial charge in [-0.2, -0.15) is 4.98 Å². The molecule has 2 saturated carbocycles. The molecule has 4 aliphatic rings. The van der Waals surface area contributed by atoms with Crippen LogP contribution in [0, 0.1) is 11.3 Å². The summed E-state index contributed by atoms with van der Waals surface area (Å²) < 4.78 is 5.32. The predicted octanol–water partition coefficient (Wildman–Crippen LogP) is 0.980. The van der Waals surface area contributed by atoms with Gasteiger partial charge in [0.25, 0.3) is 23.5 Å². The van der Waals surface area contributed by atoms with Gasteiger partial charge in [-0.15, -0.1) is 0 Å². The Labute approximate surface area is 230 Å². The molecule has 1 spiro atoms. The fourth-order valence-corrected chi connectivity index (χ4v) is 5.68. The molecule has 2 aromatic rings. The topological polar surface area (TPSA) is 164 Å². The molecular formula is C28H32N6O6. The molecule has 4 amide bonds. The molecule has 1 aromatic heterocycles. The Balaban J connectivity index is 1.21. The van der Waals surface area contributed by atoms with Crippen molar-refractivity contribution < 1.29 is 28.5 Å². The van der Waals surface area contributed by atoms with Crippen molar-refractivity contribution in [1.29, 1.82) is 0 Å². The number of aromatic nitrogens is 2. The molecule has 3 heterocycles. The van der Waals surface area contributed by atoms with Crippen LogP contribution in [0.25, 0.3) is 11.5 Å². The van der Waals surface area contributed by atoms with E-state index in [4.69, 9.17) is 4.52 Å². The summed E-state index contributed by atoms with van der Waals surface area (Å²) in [4.78, 5) is 71.1. The van der Waals surface area contributed by atoms with Gasteiger partial charge in [0.15, 0.2) is 0 Å². The Bertz CT molecular complexity index is 1330.